The largest absolute Gasteiger partial charge is 0.455 e. The maximum absolute atomic E-state index is 8.79. The van der Waals surface area contributed by atoms with Crippen molar-refractivity contribution in [3.05, 3.63) is 71.9 Å². The first kappa shape index (κ1) is 19.4. The van der Waals surface area contributed by atoms with Crippen LogP contribution < -0.4 is 5.73 Å². The monoisotopic (exact) mass is 407 g/mol. The zero-order chi connectivity index (χ0) is 21.2. The molecule has 3 aromatic carbocycles. The van der Waals surface area contributed by atoms with Gasteiger partial charge in [0.15, 0.2) is 0 Å². The molecule has 4 nitrogen and oxygen atoms in total. The van der Waals surface area contributed by atoms with Crippen molar-refractivity contribution in [2.75, 3.05) is 6.54 Å². The lowest BCUT2D eigenvalue weighted by Gasteiger charge is -2.05. The zero-order valence-corrected chi connectivity index (χ0v) is 17.4. The minimum absolute atomic E-state index is 0.609. The van der Waals surface area contributed by atoms with E-state index in [1.54, 1.807) is 0 Å². The number of unbranched alkanes of at least 4 members (excludes halogenated alkanes) is 2. The molecule has 0 saturated carbocycles. The number of H-pyrrole nitrogens is 1. The van der Waals surface area contributed by atoms with Crippen LogP contribution in [0.25, 0.3) is 44.0 Å². The summed E-state index contributed by atoms with van der Waals surface area (Å²) < 4.78 is 6.25. The molecule has 0 saturated heterocycles. The van der Waals surface area contributed by atoms with Crippen LogP contribution >= 0.6 is 0 Å². The number of furan rings is 1. The number of para-hydroxylation sites is 2. The molecule has 0 fully saturated rings. The van der Waals surface area contributed by atoms with Crippen molar-refractivity contribution in [2.24, 2.45) is 5.73 Å². The van der Waals surface area contributed by atoms with Gasteiger partial charge in [0.25, 0.3) is 0 Å². The van der Waals surface area contributed by atoms with Gasteiger partial charge < -0.3 is 15.1 Å². The Morgan fingerprint density at radius 1 is 0.903 bits per heavy atom. The van der Waals surface area contributed by atoms with Crippen molar-refractivity contribution in [1.82, 2.24) is 4.98 Å². The number of nitriles is 1. The van der Waals surface area contributed by atoms with E-state index >= 15 is 0 Å². The van der Waals surface area contributed by atoms with Crippen molar-refractivity contribution >= 4 is 32.8 Å². The van der Waals surface area contributed by atoms with E-state index in [9.17, 15) is 0 Å². The van der Waals surface area contributed by atoms with Crippen molar-refractivity contribution in [1.29, 1.82) is 5.26 Å². The van der Waals surface area contributed by atoms with Crippen LogP contribution in [0.15, 0.2) is 65.1 Å². The van der Waals surface area contributed by atoms with E-state index in [2.05, 4.69) is 53.5 Å². The fourth-order valence-electron chi connectivity index (χ4n) is 4.59. The Morgan fingerprint density at radius 2 is 1.77 bits per heavy atom. The summed E-state index contributed by atoms with van der Waals surface area (Å²) in [5, 5.41) is 12.3. The molecule has 0 aliphatic rings. The van der Waals surface area contributed by atoms with E-state index in [4.69, 9.17) is 15.4 Å². The molecule has 0 bridgehead atoms. The third kappa shape index (κ3) is 3.48. The SMILES string of the molecule is N#CCCCCc1[nH]c2ccc(-c3cccc4c3oc3ccccc34)cc2c1CCN. The van der Waals surface area contributed by atoms with Crippen molar-refractivity contribution in [3.63, 3.8) is 0 Å². The minimum atomic E-state index is 0.609. The first-order chi connectivity index (χ1) is 15.3. The first-order valence-corrected chi connectivity index (χ1v) is 10.9. The van der Waals surface area contributed by atoms with Crippen LogP contribution in [-0.4, -0.2) is 11.5 Å². The molecule has 31 heavy (non-hydrogen) atoms. The predicted molar refractivity (Wildman–Crippen MR) is 127 cm³/mol. The van der Waals surface area contributed by atoms with Crippen LogP contribution in [0.2, 0.25) is 0 Å². The molecule has 5 rings (SSSR count). The van der Waals surface area contributed by atoms with Gasteiger partial charge in [-0.2, -0.15) is 5.26 Å². The summed E-state index contributed by atoms with van der Waals surface area (Å²) in [5.41, 5.74) is 13.7. The summed E-state index contributed by atoms with van der Waals surface area (Å²) in [5.74, 6) is 0. The fourth-order valence-corrected chi connectivity index (χ4v) is 4.59. The molecular weight excluding hydrogens is 382 g/mol. The molecule has 0 aliphatic heterocycles. The molecular formula is C27H25N3O. The Kier molecular flexibility index (Phi) is 5.19. The van der Waals surface area contributed by atoms with Gasteiger partial charge in [-0.15, -0.1) is 0 Å². The number of fused-ring (bicyclic) bond motifs is 4. The number of nitrogens with zero attached hydrogens (tertiary/aromatic N) is 1. The molecule has 0 amide bonds. The highest BCUT2D eigenvalue weighted by Crippen LogP contribution is 2.37. The highest BCUT2D eigenvalue weighted by molar-refractivity contribution is 6.10. The quantitative estimate of drug-likeness (QED) is 0.303. The van der Waals surface area contributed by atoms with Gasteiger partial charge in [-0.25, -0.2) is 0 Å². The van der Waals surface area contributed by atoms with Gasteiger partial charge in [0.1, 0.15) is 11.2 Å². The number of nitrogens with two attached hydrogens (primary N) is 1. The Labute approximate surface area is 181 Å². The Balaban J connectivity index is 1.61. The number of nitrogens with one attached hydrogen (secondary N) is 1. The maximum Gasteiger partial charge on any atom is 0.143 e. The van der Waals surface area contributed by atoms with E-state index in [-0.39, 0.29) is 0 Å². The number of hydrogen-bond donors (Lipinski definition) is 2. The van der Waals surface area contributed by atoms with Crippen molar-refractivity contribution in [3.8, 4) is 17.2 Å². The topological polar surface area (TPSA) is 78.7 Å². The van der Waals surface area contributed by atoms with Crippen LogP contribution in [0.5, 0.6) is 0 Å². The second-order valence-corrected chi connectivity index (χ2v) is 8.03. The second kappa shape index (κ2) is 8.29. The maximum atomic E-state index is 8.79. The van der Waals surface area contributed by atoms with Gasteiger partial charge >= 0.3 is 0 Å². The highest BCUT2D eigenvalue weighted by Gasteiger charge is 2.15. The summed E-state index contributed by atoms with van der Waals surface area (Å²) in [7, 11) is 0. The van der Waals surface area contributed by atoms with Crippen LogP contribution in [0, 0.1) is 11.3 Å². The number of benzene rings is 3. The smallest absolute Gasteiger partial charge is 0.143 e. The number of rotatable bonds is 7. The van der Waals surface area contributed by atoms with Crippen LogP contribution in [0.3, 0.4) is 0 Å². The molecule has 2 heterocycles. The highest BCUT2D eigenvalue weighted by atomic mass is 16.3. The normalized spacial score (nSPS) is 11.5. The molecule has 3 N–H and O–H groups in total. The summed E-state index contributed by atoms with van der Waals surface area (Å²) >= 11 is 0. The zero-order valence-electron chi connectivity index (χ0n) is 17.4. The van der Waals surface area contributed by atoms with Crippen molar-refractivity contribution in [2.45, 2.75) is 32.1 Å². The molecule has 0 atom stereocenters. The Hall–Kier alpha value is -3.55. The number of hydrogen-bond acceptors (Lipinski definition) is 3. The first-order valence-electron chi connectivity index (χ1n) is 10.9. The Bertz CT molecular complexity index is 1420. The fraction of sp³-hybridized carbons (Fsp3) is 0.222. The molecule has 2 aromatic heterocycles. The van der Waals surface area contributed by atoms with E-state index in [1.807, 2.05) is 18.2 Å². The van der Waals surface area contributed by atoms with Crippen molar-refractivity contribution < 1.29 is 4.42 Å². The van der Waals surface area contributed by atoms with Crippen LogP contribution in [0.4, 0.5) is 0 Å². The van der Waals surface area contributed by atoms with Crippen LogP contribution in [-0.2, 0) is 12.8 Å². The lowest BCUT2D eigenvalue weighted by molar-refractivity contribution is 0.670. The number of aromatic amines is 1. The minimum Gasteiger partial charge on any atom is -0.455 e. The average molecular weight is 408 g/mol. The lowest BCUT2D eigenvalue weighted by Crippen LogP contribution is -2.04. The van der Waals surface area contributed by atoms with Gasteiger partial charge in [0, 0.05) is 39.4 Å². The summed E-state index contributed by atoms with van der Waals surface area (Å²) in [6.45, 7) is 0.613. The van der Waals surface area contributed by atoms with Gasteiger partial charge in [0.05, 0.1) is 6.07 Å². The van der Waals surface area contributed by atoms with Gasteiger partial charge in [-0.1, -0.05) is 42.5 Å². The third-order valence-electron chi connectivity index (χ3n) is 6.07. The second-order valence-electron chi connectivity index (χ2n) is 8.03. The molecule has 0 spiro atoms. The molecule has 4 heteroatoms. The van der Waals surface area contributed by atoms with Gasteiger partial charge in [0.2, 0.25) is 0 Å². The lowest BCUT2D eigenvalue weighted by atomic mass is 9.98. The van der Waals surface area contributed by atoms with Gasteiger partial charge in [-0.05, 0) is 61.6 Å². The third-order valence-corrected chi connectivity index (χ3v) is 6.07. The molecule has 154 valence electrons. The Morgan fingerprint density at radius 3 is 2.65 bits per heavy atom. The van der Waals surface area contributed by atoms with Gasteiger partial charge in [-0.3, -0.25) is 0 Å². The summed E-state index contributed by atoms with van der Waals surface area (Å²) in [6.07, 6.45) is 4.32. The standard InChI is InChI=1S/C27H25N3O/c28-15-5-1-2-10-24-20(14-16-29)23-17-18(12-13-25(23)30-24)19-8-6-9-22-21-7-3-4-11-26(21)31-27(19)22/h3-4,6-9,11-13,17,30H,1-2,5,10,14,16,29H2. The summed E-state index contributed by atoms with van der Waals surface area (Å²) in [4.78, 5) is 3.60. The predicted octanol–water partition coefficient (Wildman–Crippen LogP) is 6.47. The molecule has 0 aliphatic carbocycles. The van der Waals surface area contributed by atoms with E-state index < -0.39 is 0 Å². The molecule has 0 unspecified atom stereocenters. The summed E-state index contributed by atoms with van der Waals surface area (Å²) in [6, 6.07) is 23.3. The number of aryl methyl sites for hydroxylation is 1. The van der Waals surface area contributed by atoms with E-state index in [0.717, 1.165) is 64.3 Å². The average Bonchev–Trinajstić information content (AvgIpc) is 3.35. The molecule has 5 aromatic rings. The number of aromatic nitrogens is 1. The van der Waals surface area contributed by atoms with E-state index in [0.29, 0.717) is 13.0 Å². The van der Waals surface area contributed by atoms with Crippen LogP contribution in [0.1, 0.15) is 30.5 Å². The molecule has 0 radical (unpaired) electrons. The van der Waals surface area contributed by atoms with E-state index in [1.165, 1.54) is 16.6 Å².